The molecule has 0 aliphatic heterocycles. The van der Waals surface area contributed by atoms with Gasteiger partial charge in [0.15, 0.2) is 0 Å². The summed E-state index contributed by atoms with van der Waals surface area (Å²) in [6.07, 6.45) is 0.549. The molecule has 1 heterocycles. The highest BCUT2D eigenvalue weighted by Gasteiger charge is 2.08. The molecule has 0 bridgehead atoms. The van der Waals surface area contributed by atoms with Crippen LogP contribution in [-0.4, -0.2) is 22.2 Å². The van der Waals surface area contributed by atoms with E-state index >= 15 is 0 Å². The van der Waals surface area contributed by atoms with Crippen LogP contribution in [0.25, 0.3) is 0 Å². The predicted molar refractivity (Wildman–Crippen MR) is 64.2 cm³/mol. The largest absolute Gasteiger partial charge is 0.393 e. The van der Waals surface area contributed by atoms with Gasteiger partial charge in [-0.25, -0.2) is 4.98 Å². The molecule has 0 saturated carbocycles. The molecule has 1 aromatic heterocycles. The number of nitrogens with one attached hydrogen (secondary N) is 1. The third-order valence-electron chi connectivity index (χ3n) is 2.31. The van der Waals surface area contributed by atoms with Crippen LogP contribution >= 0.6 is 11.3 Å². The van der Waals surface area contributed by atoms with E-state index in [0.717, 1.165) is 23.7 Å². The zero-order chi connectivity index (χ0) is 11.4. The zero-order valence-electron chi connectivity index (χ0n) is 9.87. The van der Waals surface area contributed by atoms with Crippen LogP contribution in [0.4, 0.5) is 0 Å². The van der Waals surface area contributed by atoms with Crippen molar-refractivity contribution in [1.82, 2.24) is 10.3 Å². The monoisotopic (exact) mass is 228 g/mol. The summed E-state index contributed by atoms with van der Waals surface area (Å²) in [5.41, 5.74) is 1.12. The Kier molecular flexibility index (Phi) is 4.70. The van der Waals surface area contributed by atoms with E-state index in [0.29, 0.717) is 6.04 Å². The van der Waals surface area contributed by atoms with Gasteiger partial charge < -0.3 is 10.4 Å². The Morgan fingerprint density at radius 3 is 2.53 bits per heavy atom. The number of aryl methyl sites for hydroxylation is 2. The fraction of sp³-hybridized carbons (Fsp3) is 0.727. The van der Waals surface area contributed by atoms with Crippen molar-refractivity contribution >= 4 is 11.3 Å². The summed E-state index contributed by atoms with van der Waals surface area (Å²) >= 11 is 1.74. The lowest BCUT2D eigenvalue weighted by molar-refractivity contribution is 0.170. The Hall–Kier alpha value is -0.450. The lowest BCUT2D eigenvalue weighted by atomic mass is 10.1. The van der Waals surface area contributed by atoms with E-state index in [9.17, 15) is 5.11 Å². The summed E-state index contributed by atoms with van der Waals surface area (Å²) in [4.78, 5) is 5.68. The van der Waals surface area contributed by atoms with Gasteiger partial charge in [0.2, 0.25) is 0 Å². The SMILES string of the molecule is Cc1nc(C)c(CNC(C)CC(C)O)s1. The smallest absolute Gasteiger partial charge is 0.0900 e. The van der Waals surface area contributed by atoms with Gasteiger partial charge in [-0.05, 0) is 34.1 Å². The first kappa shape index (κ1) is 12.6. The molecule has 2 atom stereocenters. The molecule has 0 aromatic carbocycles. The van der Waals surface area contributed by atoms with E-state index in [2.05, 4.69) is 17.2 Å². The van der Waals surface area contributed by atoms with Gasteiger partial charge in [-0.2, -0.15) is 0 Å². The van der Waals surface area contributed by atoms with E-state index in [-0.39, 0.29) is 6.10 Å². The Balaban J connectivity index is 2.40. The molecule has 4 heteroatoms. The van der Waals surface area contributed by atoms with Crippen molar-refractivity contribution in [2.75, 3.05) is 0 Å². The standard InChI is InChI=1S/C11H20N2OS/c1-7(5-8(2)14)12-6-11-9(3)13-10(4)15-11/h7-8,12,14H,5-6H2,1-4H3. The van der Waals surface area contributed by atoms with Crippen LogP contribution in [0.5, 0.6) is 0 Å². The van der Waals surface area contributed by atoms with Crippen molar-refractivity contribution in [2.45, 2.75) is 52.8 Å². The van der Waals surface area contributed by atoms with Gasteiger partial charge in [-0.3, -0.25) is 0 Å². The summed E-state index contributed by atoms with van der Waals surface area (Å²) in [6, 6.07) is 0.340. The van der Waals surface area contributed by atoms with E-state index in [4.69, 9.17) is 0 Å². The van der Waals surface area contributed by atoms with Gasteiger partial charge in [-0.1, -0.05) is 0 Å². The second-order valence-corrected chi connectivity index (χ2v) is 5.40. The molecule has 86 valence electrons. The van der Waals surface area contributed by atoms with Crippen LogP contribution in [0.1, 0.15) is 35.8 Å². The zero-order valence-corrected chi connectivity index (χ0v) is 10.7. The van der Waals surface area contributed by atoms with Gasteiger partial charge in [0.1, 0.15) is 0 Å². The quantitative estimate of drug-likeness (QED) is 0.810. The molecule has 0 aliphatic carbocycles. The van der Waals surface area contributed by atoms with E-state index in [1.807, 2.05) is 20.8 Å². The normalized spacial score (nSPS) is 15.3. The summed E-state index contributed by atoms with van der Waals surface area (Å²) < 4.78 is 0. The molecule has 0 amide bonds. The third kappa shape index (κ3) is 4.28. The minimum atomic E-state index is -0.239. The number of aliphatic hydroxyl groups is 1. The highest BCUT2D eigenvalue weighted by molar-refractivity contribution is 7.11. The molecule has 0 radical (unpaired) electrons. The number of aromatic nitrogens is 1. The molecule has 15 heavy (non-hydrogen) atoms. The topological polar surface area (TPSA) is 45.2 Å². The van der Waals surface area contributed by atoms with Crippen LogP contribution in [0.15, 0.2) is 0 Å². The van der Waals surface area contributed by atoms with Crippen molar-refractivity contribution in [3.05, 3.63) is 15.6 Å². The highest BCUT2D eigenvalue weighted by atomic mass is 32.1. The molecular weight excluding hydrogens is 208 g/mol. The first-order valence-electron chi connectivity index (χ1n) is 5.33. The number of thiazole rings is 1. The van der Waals surface area contributed by atoms with Crippen LogP contribution in [0, 0.1) is 13.8 Å². The molecule has 2 N–H and O–H groups in total. The molecule has 1 rings (SSSR count). The van der Waals surface area contributed by atoms with Crippen LogP contribution in [0.2, 0.25) is 0 Å². The number of hydrogen-bond acceptors (Lipinski definition) is 4. The van der Waals surface area contributed by atoms with E-state index in [1.54, 1.807) is 11.3 Å². The summed E-state index contributed by atoms with van der Waals surface area (Å²) in [6.45, 7) is 8.84. The molecular formula is C11H20N2OS. The molecule has 0 aliphatic rings. The summed E-state index contributed by atoms with van der Waals surface area (Å²) in [5.74, 6) is 0. The highest BCUT2D eigenvalue weighted by Crippen LogP contribution is 2.16. The van der Waals surface area contributed by atoms with Crippen LogP contribution in [-0.2, 0) is 6.54 Å². The Morgan fingerprint density at radius 2 is 2.07 bits per heavy atom. The minimum absolute atomic E-state index is 0.239. The average molecular weight is 228 g/mol. The lowest BCUT2D eigenvalue weighted by Crippen LogP contribution is -2.28. The van der Waals surface area contributed by atoms with E-state index < -0.39 is 0 Å². The predicted octanol–water partition coefficient (Wildman–Crippen LogP) is 2.01. The maximum absolute atomic E-state index is 9.23. The third-order valence-corrected chi connectivity index (χ3v) is 3.38. The molecule has 0 fully saturated rings. The van der Waals surface area contributed by atoms with Crippen LogP contribution in [0.3, 0.4) is 0 Å². The number of hydrogen-bond donors (Lipinski definition) is 2. The number of nitrogens with zero attached hydrogens (tertiary/aromatic N) is 1. The maximum atomic E-state index is 9.23. The van der Waals surface area contributed by atoms with Gasteiger partial charge in [0.25, 0.3) is 0 Å². The Labute approximate surface area is 95.6 Å². The molecule has 3 nitrogen and oxygen atoms in total. The molecule has 0 saturated heterocycles. The van der Waals surface area contributed by atoms with Crippen molar-refractivity contribution in [1.29, 1.82) is 0 Å². The van der Waals surface area contributed by atoms with Crippen molar-refractivity contribution in [2.24, 2.45) is 0 Å². The van der Waals surface area contributed by atoms with Crippen molar-refractivity contribution < 1.29 is 5.11 Å². The first-order chi connectivity index (χ1) is 6.99. The fourth-order valence-electron chi connectivity index (χ4n) is 1.60. The van der Waals surface area contributed by atoms with Gasteiger partial charge in [0, 0.05) is 17.5 Å². The molecule has 2 unspecified atom stereocenters. The van der Waals surface area contributed by atoms with Crippen molar-refractivity contribution in [3.63, 3.8) is 0 Å². The van der Waals surface area contributed by atoms with E-state index in [1.165, 1.54) is 4.88 Å². The minimum Gasteiger partial charge on any atom is -0.393 e. The summed E-state index contributed by atoms with van der Waals surface area (Å²) in [5, 5.41) is 13.7. The lowest BCUT2D eigenvalue weighted by Gasteiger charge is -2.14. The molecule has 0 spiro atoms. The number of aliphatic hydroxyl groups excluding tert-OH is 1. The fourth-order valence-corrected chi connectivity index (χ4v) is 2.49. The Bertz CT molecular complexity index is 310. The van der Waals surface area contributed by atoms with Crippen LogP contribution < -0.4 is 5.32 Å². The van der Waals surface area contributed by atoms with Gasteiger partial charge in [-0.15, -0.1) is 11.3 Å². The number of rotatable bonds is 5. The Morgan fingerprint density at radius 1 is 1.40 bits per heavy atom. The average Bonchev–Trinajstić information content (AvgIpc) is 2.40. The van der Waals surface area contributed by atoms with Crippen molar-refractivity contribution in [3.8, 4) is 0 Å². The second-order valence-electron chi connectivity index (χ2n) is 4.11. The van der Waals surface area contributed by atoms with Gasteiger partial charge >= 0.3 is 0 Å². The molecule has 1 aromatic rings. The second kappa shape index (κ2) is 5.58. The summed E-state index contributed by atoms with van der Waals surface area (Å²) in [7, 11) is 0. The maximum Gasteiger partial charge on any atom is 0.0900 e. The van der Waals surface area contributed by atoms with Gasteiger partial charge in [0.05, 0.1) is 16.8 Å². The first-order valence-corrected chi connectivity index (χ1v) is 6.15.